The van der Waals surface area contributed by atoms with E-state index in [1.807, 2.05) is 0 Å². The van der Waals surface area contributed by atoms with Gasteiger partial charge in [-0.05, 0) is 36.4 Å². The number of non-ortho nitro benzene ring substituents is 1. The van der Waals surface area contributed by atoms with Crippen LogP contribution in [0.3, 0.4) is 0 Å². The summed E-state index contributed by atoms with van der Waals surface area (Å²) in [7, 11) is 0. The molecule has 1 fully saturated rings. The summed E-state index contributed by atoms with van der Waals surface area (Å²) >= 11 is 0. The van der Waals surface area contributed by atoms with Crippen molar-refractivity contribution in [3.8, 4) is 5.75 Å². The van der Waals surface area contributed by atoms with Crippen LogP contribution in [-0.4, -0.2) is 69.2 Å². The van der Waals surface area contributed by atoms with Gasteiger partial charge >= 0.3 is 0 Å². The third kappa shape index (κ3) is 5.08. The Morgan fingerprint density at radius 1 is 1.06 bits per heavy atom. The van der Waals surface area contributed by atoms with Gasteiger partial charge in [0.1, 0.15) is 30.1 Å². The van der Waals surface area contributed by atoms with E-state index in [0.29, 0.717) is 5.56 Å². The lowest BCUT2D eigenvalue weighted by Crippen LogP contribution is -2.65. The zero-order chi connectivity index (χ0) is 23.4. The Hall–Kier alpha value is -3.38. The number of benzene rings is 2. The van der Waals surface area contributed by atoms with E-state index in [1.165, 1.54) is 55.5 Å². The summed E-state index contributed by atoms with van der Waals surface area (Å²) in [5, 5.41) is 42.9. The minimum atomic E-state index is -1.45. The first kappa shape index (κ1) is 23.3. The highest BCUT2D eigenvalue weighted by molar-refractivity contribution is 6.09. The number of aliphatic hydroxyl groups excluding tert-OH is 3. The largest absolute Gasteiger partial charge is 0.463 e. The van der Waals surface area contributed by atoms with Crippen molar-refractivity contribution in [1.82, 2.24) is 5.32 Å². The van der Waals surface area contributed by atoms with Gasteiger partial charge in [0, 0.05) is 30.2 Å². The minimum Gasteiger partial charge on any atom is -0.463 e. The van der Waals surface area contributed by atoms with Crippen LogP contribution in [0.15, 0.2) is 48.5 Å². The summed E-state index contributed by atoms with van der Waals surface area (Å²) in [4.78, 5) is 34.3. The third-order valence-corrected chi connectivity index (χ3v) is 4.96. The lowest BCUT2D eigenvalue weighted by Gasteiger charge is -2.42. The number of carbonyl (C=O) groups is 2. The lowest BCUT2D eigenvalue weighted by molar-refractivity contribution is -0.384. The van der Waals surface area contributed by atoms with Crippen molar-refractivity contribution >= 4 is 17.4 Å². The molecule has 0 aromatic heterocycles. The standard InChI is InChI=1S/C21H22N2O9/c1-11(25)22-17-20(28)19(27)16(10-24)32-21(17)31-15-8-4-13(5-9-15)18(26)12-2-6-14(7-3-12)23(29)30/h2-9,16-17,19-21,24,27-28H,10H2,1H3,(H,22,25)/t16-,17-,19-,20-,21-/m1/s1. The number of carbonyl (C=O) groups excluding carboxylic acids is 2. The molecule has 2 aromatic carbocycles. The van der Waals surface area contributed by atoms with Crippen molar-refractivity contribution in [1.29, 1.82) is 0 Å². The number of ketones is 1. The van der Waals surface area contributed by atoms with Crippen LogP contribution in [0, 0.1) is 10.1 Å². The minimum absolute atomic E-state index is 0.125. The summed E-state index contributed by atoms with van der Waals surface area (Å²) in [6.45, 7) is 0.653. The molecule has 170 valence electrons. The second-order valence-electron chi connectivity index (χ2n) is 7.21. The van der Waals surface area contributed by atoms with Gasteiger partial charge in [-0.3, -0.25) is 19.7 Å². The van der Waals surface area contributed by atoms with Crippen LogP contribution in [0.25, 0.3) is 0 Å². The highest BCUT2D eigenvalue weighted by Crippen LogP contribution is 2.25. The predicted octanol–water partition coefficient (Wildman–Crippen LogP) is 0.148. The second kappa shape index (κ2) is 9.83. The summed E-state index contributed by atoms with van der Waals surface area (Å²) in [5.74, 6) is -0.591. The molecule has 0 radical (unpaired) electrons. The van der Waals surface area contributed by atoms with Crippen molar-refractivity contribution in [3.05, 3.63) is 69.8 Å². The fourth-order valence-corrected chi connectivity index (χ4v) is 3.29. The molecule has 1 aliphatic rings. The summed E-state index contributed by atoms with van der Waals surface area (Å²) in [5.41, 5.74) is 0.450. The van der Waals surface area contributed by atoms with Gasteiger partial charge in [0.15, 0.2) is 5.78 Å². The Bertz CT molecular complexity index is 978. The van der Waals surface area contributed by atoms with Gasteiger partial charge in [0.25, 0.3) is 5.69 Å². The fraction of sp³-hybridized carbons (Fsp3) is 0.333. The van der Waals surface area contributed by atoms with Crippen LogP contribution in [-0.2, 0) is 9.53 Å². The molecule has 0 spiro atoms. The van der Waals surface area contributed by atoms with E-state index in [-0.39, 0.29) is 22.8 Å². The number of nitrogens with one attached hydrogen (secondary N) is 1. The monoisotopic (exact) mass is 446 g/mol. The molecule has 5 atom stereocenters. The molecule has 3 rings (SSSR count). The van der Waals surface area contributed by atoms with Crippen LogP contribution in [0.4, 0.5) is 5.69 Å². The number of ether oxygens (including phenoxy) is 2. The summed E-state index contributed by atoms with van der Waals surface area (Å²) < 4.78 is 11.2. The lowest BCUT2D eigenvalue weighted by atomic mass is 9.97. The maximum Gasteiger partial charge on any atom is 0.269 e. The Balaban J connectivity index is 1.75. The summed E-state index contributed by atoms with van der Waals surface area (Å²) in [6, 6.07) is 9.99. The number of amides is 1. The van der Waals surface area contributed by atoms with E-state index in [9.17, 15) is 35.0 Å². The number of nitrogens with zero attached hydrogens (tertiary/aromatic N) is 1. The first-order chi connectivity index (χ1) is 15.2. The van der Waals surface area contributed by atoms with E-state index in [1.54, 1.807) is 0 Å². The predicted molar refractivity (Wildman–Crippen MR) is 109 cm³/mol. The number of hydrogen-bond acceptors (Lipinski definition) is 9. The van der Waals surface area contributed by atoms with Crippen LogP contribution in [0.2, 0.25) is 0 Å². The molecule has 0 saturated carbocycles. The maximum absolute atomic E-state index is 12.6. The smallest absolute Gasteiger partial charge is 0.269 e. The van der Waals surface area contributed by atoms with Gasteiger partial charge in [0.05, 0.1) is 11.5 Å². The quantitative estimate of drug-likeness (QED) is 0.263. The van der Waals surface area contributed by atoms with Gasteiger partial charge in [-0.2, -0.15) is 0 Å². The highest BCUT2D eigenvalue weighted by Gasteiger charge is 2.46. The Kier molecular flexibility index (Phi) is 7.15. The Labute approximate surface area is 182 Å². The molecule has 0 aliphatic carbocycles. The zero-order valence-corrected chi connectivity index (χ0v) is 17.0. The maximum atomic E-state index is 12.6. The topological polar surface area (TPSA) is 168 Å². The van der Waals surface area contributed by atoms with Gasteiger partial charge in [-0.15, -0.1) is 0 Å². The first-order valence-electron chi connectivity index (χ1n) is 9.66. The van der Waals surface area contributed by atoms with E-state index >= 15 is 0 Å². The molecule has 1 heterocycles. The average molecular weight is 446 g/mol. The van der Waals surface area contributed by atoms with E-state index in [4.69, 9.17) is 9.47 Å². The van der Waals surface area contributed by atoms with Gasteiger partial charge in [0.2, 0.25) is 12.2 Å². The fourth-order valence-electron chi connectivity index (χ4n) is 3.29. The number of hydrogen-bond donors (Lipinski definition) is 4. The number of nitro benzene ring substituents is 1. The SMILES string of the molecule is CC(=O)N[C@H]1[C@H](Oc2ccc(C(=O)c3ccc([N+](=O)[O-])cc3)cc2)O[C@H](CO)[C@@H](O)[C@@H]1O. The molecule has 32 heavy (non-hydrogen) atoms. The molecule has 2 aromatic rings. The molecule has 11 heteroatoms. The van der Waals surface area contributed by atoms with E-state index < -0.39 is 48.1 Å². The molecule has 0 bridgehead atoms. The van der Waals surface area contributed by atoms with Crippen molar-refractivity contribution in [2.24, 2.45) is 0 Å². The van der Waals surface area contributed by atoms with Crippen LogP contribution >= 0.6 is 0 Å². The second-order valence-corrected chi connectivity index (χ2v) is 7.21. The molecular formula is C21H22N2O9. The van der Waals surface area contributed by atoms with Crippen LogP contribution < -0.4 is 10.1 Å². The Morgan fingerprint density at radius 3 is 2.12 bits per heavy atom. The van der Waals surface area contributed by atoms with Crippen molar-refractivity contribution in [2.45, 2.75) is 37.6 Å². The molecule has 4 N–H and O–H groups in total. The van der Waals surface area contributed by atoms with Gasteiger partial charge in [-0.25, -0.2) is 0 Å². The zero-order valence-electron chi connectivity index (χ0n) is 17.0. The molecule has 1 aliphatic heterocycles. The van der Waals surface area contributed by atoms with Gasteiger partial charge < -0.3 is 30.1 Å². The number of aliphatic hydroxyl groups is 3. The third-order valence-electron chi connectivity index (χ3n) is 4.96. The molecule has 0 unspecified atom stereocenters. The van der Waals surface area contributed by atoms with Crippen molar-refractivity contribution in [2.75, 3.05) is 6.61 Å². The van der Waals surface area contributed by atoms with Crippen molar-refractivity contribution < 1.29 is 39.3 Å². The molecule has 1 saturated heterocycles. The molecule has 11 nitrogen and oxygen atoms in total. The molecular weight excluding hydrogens is 424 g/mol. The Morgan fingerprint density at radius 2 is 1.62 bits per heavy atom. The van der Waals surface area contributed by atoms with Gasteiger partial charge in [-0.1, -0.05) is 0 Å². The van der Waals surface area contributed by atoms with E-state index in [2.05, 4.69) is 5.32 Å². The average Bonchev–Trinajstić information content (AvgIpc) is 2.78. The summed E-state index contributed by atoms with van der Waals surface area (Å²) in [6.07, 6.45) is -5.22. The normalized spacial score (nSPS) is 25.1. The van der Waals surface area contributed by atoms with E-state index in [0.717, 1.165) is 0 Å². The van der Waals surface area contributed by atoms with Crippen LogP contribution in [0.5, 0.6) is 5.75 Å². The van der Waals surface area contributed by atoms with Crippen molar-refractivity contribution in [3.63, 3.8) is 0 Å². The number of nitro groups is 1. The number of rotatable bonds is 7. The highest BCUT2D eigenvalue weighted by atomic mass is 16.7. The molecule has 1 amide bonds. The van der Waals surface area contributed by atoms with Crippen LogP contribution in [0.1, 0.15) is 22.8 Å². The first-order valence-corrected chi connectivity index (χ1v) is 9.66.